The first kappa shape index (κ1) is 18.4. The van der Waals surface area contributed by atoms with Crippen molar-refractivity contribution in [3.05, 3.63) is 62.7 Å². The minimum absolute atomic E-state index is 0.0698. The summed E-state index contributed by atoms with van der Waals surface area (Å²) in [7, 11) is 0. The van der Waals surface area contributed by atoms with E-state index in [1.165, 1.54) is 12.1 Å². The van der Waals surface area contributed by atoms with Crippen LogP contribution in [0.5, 0.6) is 5.75 Å². The number of rotatable bonds is 5. The first-order chi connectivity index (χ1) is 11.7. The molecule has 1 atom stereocenters. The molecule has 0 bridgehead atoms. The lowest BCUT2D eigenvalue weighted by molar-refractivity contribution is -0.384. The molecular formula is C19H22N2O4. The van der Waals surface area contributed by atoms with Gasteiger partial charge in [-0.25, -0.2) is 0 Å². The lowest BCUT2D eigenvalue weighted by Crippen LogP contribution is -2.30. The van der Waals surface area contributed by atoms with Gasteiger partial charge in [0, 0.05) is 12.1 Å². The lowest BCUT2D eigenvalue weighted by atomic mass is 10.1. The summed E-state index contributed by atoms with van der Waals surface area (Å²) in [4.78, 5) is 22.8. The number of carbonyl (C=O) groups is 1. The summed E-state index contributed by atoms with van der Waals surface area (Å²) in [6, 6.07) is 8.31. The first-order valence-corrected chi connectivity index (χ1v) is 7.99. The van der Waals surface area contributed by atoms with E-state index in [0.29, 0.717) is 11.4 Å². The number of hydrogen-bond acceptors (Lipinski definition) is 4. The zero-order valence-corrected chi connectivity index (χ0v) is 15.0. The molecule has 2 aromatic carbocycles. The van der Waals surface area contributed by atoms with Crippen molar-refractivity contribution < 1.29 is 14.5 Å². The van der Waals surface area contributed by atoms with E-state index >= 15 is 0 Å². The smallest absolute Gasteiger partial charge is 0.271 e. The standard InChI is InChI=1S/C19H22N2O4/c1-11-8-13(3)14(4)18(9-11)25-15(5)19(22)20-17-10-16(21(23)24)7-6-12(17)2/h6-10,15H,1-5H3,(H,20,22). The number of nitro benzene ring substituents is 1. The van der Waals surface area contributed by atoms with E-state index in [1.54, 1.807) is 19.9 Å². The molecule has 25 heavy (non-hydrogen) atoms. The van der Waals surface area contributed by atoms with Gasteiger partial charge in [-0.05, 0) is 62.9 Å². The fourth-order valence-electron chi connectivity index (χ4n) is 2.46. The van der Waals surface area contributed by atoms with Crippen LogP contribution in [0.3, 0.4) is 0 Å². The van der Waals surface area contributed by atoms with Gasteiger partial charge in [0.25, 0.3) is 11.6 Å². The van der Waals surface area contributed by atoms with Crippen molar-refractivity contribution in [3.63, 3.8) is 0 Å². The number of aryl methyl sites for hydroxylation is 3. The summed E-state index contributed by atoms with van der Waals surface area (Å²) >= 11 is 0. The Hall–Kier alpha value is -2.89. The van der Waals surface area contributed by atoms with Crippen LogP contribution in [0, 0.1) is 37.8 Å². The Bertz CT molecular complexity index is 830. The maximum atomic E-state index is 12.4. The third kappa shape index (κ3) is 4.35. The summed E-state index contributed by atoms with van der Waals surface area (Å²) in [5.41, 5.74) is 4.22. The summed E-state index contributed by atoms with van der Waals surface area (Å²) in [5.74, 6) is 0.304. The molecule has 1 N–H and O–H groups in total. The fraction of sp³-hybridized carbons (Fsp3) is 0.316. The van der Waals surface area contributed by atoms with E-state index in [9.17, 15) is 14.9 Å². The van der Waals surface area contributed by atoms with E-state index in [1.807, 2.05) is 26.8 Å². The molecule has 0 radical (unpaired) electrons. The highest BCUT2D eigenvalue weighted by Crippen LogP contribution is 2.25. The molecule has 1 amide bonds. The van der Waals surface area contributed by atoms with Crippen LogP contribution in [-0.4, -0.2) is 16.9 Å². The van der Waals surface area contributed by atoms with Gasteiger partial charge >= 0.3 is 0 Å². The lowest BCUT2D eigenvalue weighted by Gasteiger charge is -2.18. The number of carbonyl (C=O) groups excluding carboxylic acids is 1. The molecule has 0 saturated heterocycles. The van der Waals surface area contributed by atoms with Crippen molar-refractivity contribution in [2.24, 2.45) is 0 Å². The normalized spacial score (nSPS) is 11.7. The molecule has 0 aliphatic rings. The first-order valence-electron chi connectivity index (χ1n) is 7.99. The van der Waals surface area contributed by atoms with E-state index < -0.39 is 11.0 Å². The molecule has 2 rings (SSSR count). The topological polar surface area (TPSA) is 81.5 Å². The number of ether oxygens (including phenoxy) is 1. The number of nitrogens with zero attached hydrogens (tertiary/aromatic N) is 1. The highest BCUT2D eigenvalue weighted by Gasteiger charge is 2.18. The number of benzene rings is 2. The molecule has 6 nitrogen and oxygen atoms in total. The van der Waals surface area contributed by atoms with Crippen molar-refractivity contribution in [2.45, 2.75) is 40.7 Å². The second-order valence-electron chi connectivity index (χ2n) is 6.21. The molecule has 0 spiro atoms. The van der Waals surface area contributed by atoms with E-state index in [-0.39, 0.29) is 11.6 Å². The molecule has 6 heteroatoms. The van der Waals surface area contributed by atoms with Gasteiger partial charge in [0.05, 0.1) is 10.6 Å². The number of nitro groups is 1. The van der Waals surface area contributed by atoms with Crippen molar-refractivity contribution in [2.75, 3.05) is 5.32 Å². The van der Waals surface area contributed by atoms with Gasteiger partial charge < -0.3 is 10.1 Å². The van der Waals surface area contributed by atoms with Gasteiger partial charge in [0.1, 0.15) is 5.75 Å². The molecule has 132 valence electrons. The minimum Gasteiger partial charge on any atom is -0.481 e. The van der Waals surface area contributed by atoms with E-state index in [4.69, 9.17) is 4.74 Å². The summed E-state index contributed by atoms with van der Waals surface area (Å²) in [5, 5.41) is 13.6. The van der Waals surface area contributed by atoms with E-state index in [2.05, 4.69) is 11.4 Å². The van der Waals surface area contributed by atoms with Gasteiger partial charge in [-0.15, -0.1) is 0 Å². The molecule has 1 unspecified atom stereocenters. The quantitative estimate of drug-likeness (QED) is 0.651. The van der Waals surface area contributed by atoms with Gasteiger partial charge in [0.2, 0.25) is 0 Å². The second-order valence-corrected chi connectivity index (χ2v) is 6.21. The Morgan fingerprint density at radius 2 is 1.80 bits per heavy atom. The number of amides is 1. The molecule has 0 fully saturated rings. The van der Waals surface area contributed by atoms with Crippen LogP contribution >= 0.6 is 0 Å². The third-order valence-electron chi connectivity index (χ3n) is 4.13. The average Bonchev–Trinajstić information content (AvgIpc) is 2.53. The van der Waals surface area contributed by atoms with Crippen molar-refractivity contribution in [1.82, 2.24) is 0 Å². The van der Waals surface area contributed by atoms with Crippen LogP contribution in [0.15, 0.2) is 30.3 Å². The highest BCUT2D eigenvalue weighted by atomic mass is 16.6. The molecule has 2 aromatic rings. The van der Waals surface area contributed by atoms with Crippen LogP contribution in [-0.2, 0) is 4.79 Å². The van der Waals surface area contributed by atoms with Crippen molar-refractivity contribution >= 4 is 17.3 Å². The fourth-order valence-corrected chi connectivity index (χ4v) is 2.46. The Kier molecular flexibility index (Phi) is 5.41. The Morgan fingerprint density at radius 3 is 2.44 bits per heavy atom. The molecule has 0 saturated carbocycles. The van der Waals surface area contributed by atoms with Gasteiger partial charge in [-0.3, -0.25) is 14.9 Å². The number of non-ortho nitro benzene ring substituents is 1. The Morgan fingerprint density at radius 1 is 1.12 bits per heavy atom. The predicted molar refractivity (Wildman–Crippen MR) is 97.2 cm³/mol. The van der Waals surface area contributed by atoms with Gasteiger partial charge in [-0.2, -0.15) is 0 Å². The molecule has 0 heterocycles. The Balaban J connectivity index is 2.16. The van der Waals surface area contributed by atoms with Crippen molar-refractivity contribution in [1.29, 1.82) is 0 Å². The van der Waals surface area contributed by atoms with Crippen molar-refractivity contribution in [3.8, 4) is 5.75 Å². The average molecular weight is 342 g/mol. The predicted octanol–water partition coefficient (Wildman–Crippen LogP) is 4.23. The number of nitrogens with one attached hydrogen (secondary N) is 1. The number of anilines is 1. The molecule has 0 aliphatic heterocycles. The van der Waals surface area contributed by atoms with Crippen LogP contribution < -0.4 is 10.1 Å². The zero-order chi connectivity index (χ0) is 18.7. The van der Waals surface area contributed by atoms with Gasteiger partial charge in [0.15, 0.2) is 6.10 Å². The van der Waals surface area contributed by atoms with E-state index in [0.717, 1.165) is 22.3 Å². The SMILES string of the molecule is Cc1cc(C)c(C)c(OC(C)C(=O)Nc2cc([N+](=O)[O-])ccc2C)c1. The summed E-state index contributed by atoms with van der Waals surface area (Å²) in [6.45, 7) is 9.33. The maximum Gasteiger partial charge on any atom is 0.271 e. The zero-order valence-electron chi connectivity index (χ0n) is 15.0. The monoisotopic (exact) mass is 342 g/mol. The van der Waals surface area contributed by atoms with Crippen LogP contribution in [0.4, 0.5) is 11.4 Å². The summed E-state index contributed by atoms with van der Waals surface area (Å²) in [6.07, 6.45) is -0.737. The van der Waals surface area contributed by atoms with Crippen LogP contribution in [0.1, 0.15) is 29.2 Å². The molecule has 0 aliphatic carbocycles. The maximum absolute atomic E-state index is 12.4. The summed E-state index contributed by atoms with van der Waals surface area (Å²) < 4.78 is 5.81. The number of hydrogen-bond donors (Lipinski definition) is 1. The van der Waals surface area contributed by atoms with Crippen LogP contribution in [0.25, 0.3) is 0 Å². The second kappa shape index (κ2) is 7.34. The Labute approximate surface area is 147 Å². The molecule has 0 aromatic heterocycles. The molecular weight excluding hydrogens is 320 g/mol. The largest absolute Gasteiger partial charge is 0.481 e. The third-order valence-corrected chi connectivity index (χ3v) is 4.13. The van der Waals surface area contributed by atoms with Gasteiger partial charge in [-0.1, -0.05) is 12.1 Å². The minimum atomic E-state index is -0.737. The highest BCUT2D eigenvalue weighted by molar-refractivity contribution is 5.95. The van der Waals surface area contributed by atoms with Crippen LogP contribution in [0.2, 0.25) is 0 Å².